The second-order valence-electron chi connectivity index (χ2n) is 7.08. The Bertz CT molecular complexity index is 659. The minimum atomic E-state index is -0.0665. The Kier molecular flexibility index (Phi) is 8.19. The van der Waals surface area contributed by atoms with E-state index in [4.69, 9.17) is 4.74 Å². The number of ether oxygens (including phenoxy) is 1. The molecule has 1 amide bonds. The van der Waals surface area contributed by atoms with Crippen molar-refractivity contribution in [3.8, 4) is 5.75 Å². The first kappa shape index (κ1) is 21.8. The maximum atomic E-state index is 11.8. The molecule has 0 bridgehead atoms. The predicted molar refractivity (Wildman–Crippen MR) is 119 cm³/mol. The molecule has 1 aliphatic heterocycles. The van der Waals surface area contributed by atoms with E-state index in [1.807, 2.05) is 26.0 Å². The standard InChI is InChI=1S/C20H30N4O2.HI/c1-3-21-18(25)14-23-19(22-4-2)24-16-13-20(11-7-8-12-20)26-17-10-6-5-9-15(16)17;/h5-6,9-10,16H,3-4,7-8,11-14H2,1-2H3,(H,21,25)(H2,22,23,24);1H. The molecule has 1 heterocycles. The van der Waals surface area contributed by atoms with E-state index in [1.54, 1.807) is 0 Å². The highest BCUT2D eigenvalue weighted by Crippen LogP contribution is 2.46. The Balaban J connectivity index is 0.00000261. The average Bonchev–Trinajstić information content (AvgIpc) is 3.07. The van der Waals surface area contributed by atoms with Gasteiger partial charge in [-0.25, -0.2) is 4.99 Å². The highest BCUT2D eigenvalue weighted by Gasteiger charge is 2.43. The number of likely N-dealkylation sites (N-methyl/N-ethyl adjacent to an activating group) is 1. The summed E-state index contributed by atoms with van der Waals surface area (Å²) in [4.78, 5) is 16.2. The monoisotopic (exact) mass is 486 g/mol. The maximum absolute atomic E-state index is 11.8. The quantitative estimate of drug-likeness (QED) is 0.340. The van der Waals surface area contributed by atoms with Crippen molar-refractivity contribution in [1.82, 2.24) is 16.0 Å². The second-order valence-corrected chi connectivity index (χ2v) is 7.08. The highest BCUT2D eigenvalue weighted by molar-refractivity contribution is 14.0. The van der Waals surface area contributed by atoms with Gasteiger partial charge in [0.15, 0.2) is 5.96 Å². The number of nitrogens with one attached hydrogen (secondary N) is 3. The zero-order valence-electron chi connectivity index (χ0n) is 16.2. The third-order valence-corrected chi connectivity index (χ3v) is 5.12. The number of rotatable bonds is 5. The number of nitrogens with zero attached hydrogens (tertiary/aromatic N) is 1. The molecule has 7 heteroatoms. The van der Waals surface area contributed by atoms with Gasteiger partial charge in [-0.3, -0.25) is 4.79 Å². The van der Waals surface area contributed by atoms with Gasteiger partial charge in [-0.1, -0.05) is 18.2 Å². The van der Waals surface area contributed by atoms with Crippen LogP contribution < -0.4 is 20.7 Å². The Morgan fingerprint density at radius 1 is 1.19 bits per heavy atom. The van der Waals surface area contributed by atoms with E-state index in [0.29, 0.717) is 12.5 Å². The topological polar surface area (TPSA) is 74.8 Å². The van der Waals surface area contributed by atoms with Gasteiger partial charge in [-0.05, 0) is 45.6 Å². The lowest BCUT2D eigenvalue weighted by molar-refractivity contribution is -0.119. The number of halogens is 1. The first-order valence-electron chi connectivity index (χ1n) is 9.75. The summed E-state index contributed by atoms with van der Waals surface area (Å²) >= 11 is 0. The van der Waals surface area contributed by atoms with Gasteiger partial charge in [0.05, 0.1) is 6.04 Å². The molecule has 1 unspecified atom stereocenters. The van der Waals surface area contributed by atoms with Crippen LogP contribution in [0.1, 0.15) is 57.6 Å². The first-order valence-corrected chi connectivity index (χ1v) is 9.75. The SMILES string of the molecule is CCNC(=O)CN=C(NCC)NC1CC2(CCCC2)Oc2ccccc21.I. The zero-order valence-corrected chi connectivity index (χ0v) is 18.5. The largest absolute Gasteiger partial charge is 0.487 e. The lowest BCUT2D eigenvalue weighted by Crippen LogP contribution is -2.47. The van der Waals surface area contributed by atoms with Crippen LogP contribution in [0.15, 0.2) is 29.3 Å². The van der Waals surface area contributed by atoms with Crippen molar-refractivity contribution >= 4 is 35.8 Å². The van der Waals surface area contributed by atoms with Crippen molar-refractivity contribution < 1.29 is 9.53 Å². The van der Waals surface area contributed by atoms with E-state index in [1.165, 1.54) is 12.8 Å². The van der Waals surface area contributed by atoms with E-state index >= 15 is 0 Å². The molecule has 6 nitrogen and oxygen atoms in total. The summed E-state index contributed by atoms with van der Waals surface area (Å²) < 4.78 is 6.42. The summed E-state index contributed by atoms with van der Waals surface area (Å²) in [6.07, 6.45) is 5.58. The summed E-state index contributed by atoms with van der Waals surface area (Å²) in [5.74, 6) is 1.58. The number of guanidine groups is 1. The smallest absolute Gasteiger partial charge is 0.241 e. The molecule has 1 spiro atoms. The van der Waals surface area contributed by atoms with Gasteiger partial charge < -0.3 is 20.7 Å². The van der Waals surface area contributed by atoms with Crippen LogP contribution in [0.4, 0.5) is 0 Å². The van der Waals surface area contributed by atoms with Crippen LogP contribution in [0.5, 0.6) is 5.75 Å². The van der Waals surface area contributed by atoms with Crippen LogP contribution >= 0.6 is 24.0 Å². The fraction of sp³-hybridized carbons (Fsp3) is 0.600. The molecule has 1 aromatic carbocycles. The number of carbonyl (C=O) groups is 1. The van der Waals surface area contributed by atoms with Gasteiger partial charge in [-0.15, -0.1) is 24.0 Å². The van der Waals surface area contributed by atoms with E-state index in [2.05, 4.69) is 33.1 Å². The van der Waals surface area contributed by atoms with Gasteiger partial charge in [0.25, 0.3) is 0 Å². The molecule has 3 rings (SSSR count). The Hall–Kier alpha value is -1.51. The molecule has 2 aliphatic rings. The van der Waals surface area contributed by atoms with Crippen molar-refractivity contribution in [2.24, 2.45) is 4.99 Å². The number of para-hydroxylation sites is 1. The van der Waals surface area contributed by atoms with Gasteiger partial charge in [0, 0.05) is 25.1 Å². The van der Waals surface area contributed by atoms with Gasteiger partial charge in [0.1, 0.15) is 17.9 Å². The Morgan fingerprint density at radius 3 is 2.59 bits per heavy atom. The molecule has 1 fully saturated rings. The van der Waals surface area contributed by atoms with Crippen LogP contribution in [0.3, 0.4) is 0 Å². The summed E-state index contributed by atoms with van der Waals surface area (Å²) in [6, 6.07) is 8.37. The van der Waals surface area contributed by atoms with Gasteiger partial charge in [0.2, 0.25) is 5.91 Å². The molecule has 0 radical (unpaired) electrons. The molecule has 1 saturated carbocycles. The number of fused-ring (bicyclic) bond motifs is 1. The fourth-order valence-corrected chi connectivity index (χ4v) is 3.96. The van der Waals surface area contributed by atoms with Crippen LogP contribution in [-0.4, -0.2) is 37.1 Å². The third-order valence-electron chi connectivity index (χ3n) is 5.12. The molecule has 1 aliphatic carbocycles. The van der Waals surface area contributed by atoms with Crippen LogP contribution in [0.25, 0.3) is 0 Å². The average molecular weight is 486 g/mol. The van der Waals surface area contributed by atoms with Crippen molar-refractivity contribution in [2.75, 3.05) is 19.6 Å². The first-order chi connectivity index (χ1) is 12.7. The summed E-state index contributed by atoms with van der Waals surface area (Å²) in [5, 5.41) is 9.58. The van der Waals surface area contributed by atoms with Crippen molar-refractivity contribution in [1.29, 1.82) is 0 Å². The van der Waals surface area contributed by atoms with Crippen LogP contribution in [0.2, 0.25) is 0 Å². The molecule has 1 atom stereocenters. The van der Waals surface area contributed by atoms with Gasteiger partial charge >= 0.3 is 0 Å². The summed E-state index contributed by atoms with van der Waals surface area (Å²) in [7, 11) is 0. The Labute approximate surface area is 178 Å². The second kappa shape index (κ2) is 10.1. The number of hydrogen-bond donors (Lipinski definition) is 3. The zero-order chi connectivity index (χ0) is 18.4. The highest BCUT2D eigenvalue weighted by atomic mass is 127. The van der Waals surface area contributed by atoms with E-state index < -0.39 is 0 Å². The number of carbonyl (C=O) groups excluding carboxylic acids is 1. The molecule has 0 aromatic heterocycles. The summed E-state index contributed by atoms with van der Waals surface area (Å²) in [6.45, 7) is 5.43. The number of benzene rings is 1. The number of amides is 1. The molecule has 3 N–H and O–H groups in total. The fourth-order valence-electron chi connectivity index (χ4n) is 3.96. The van der Waals surface area contributed by atoms with Crippen molar-refractivity contribution in [2.45, 2.75) is 57.6 Å². The van der Waals surface area contributed by atoms with Crippen molar-refractivity contribution in [3.63, 3.8) is 0 Å². The van der Waals surface area contributed by atoms with Crippen molar-refractivity contribution in [3.05, 3.63) is 29.8 Å². The van der Waals surface area contributed by atoms with Crippen LogP contribution in [0, 0.1) is 0 Å². The molecule has 150 valence electrons. The minimum absolute atomic E-state index is 0. The lowest BCUT2D eigenvalue weighted by Gasteiger charge is -2.40. The molecule has 0 saturated heterocycles. The van der Waals surface area contributed by atoms with E-state index in [-0.39, 0.29) is 48.1 Å². The molecular weight excluding hydrogens is 455 g/mol. The predicted octanol–water partition coefficient (Wildman–Crippen LogP) is 3.13. The number of aliphatic imine (C=N–C) groups is 1. The minimum Gasteiger partial charge on any atom is -0.487 e. The van der Waals surface area contributed by atoms with E-state index in [9.17, 15) is 4.79 Å². The van der Waals surface area contributed by atoms with Crippen LogP contribution in [-0.2, 0) is 4.79 Å². The lowest BCUT2D eigenvalue weighted by atomic mass is 9.86. The maximum Gasteiger partial charge on any atom is 0.241 e. The molecule has 1 aromatic rings. The summed E-state index contributed by atoms with van der Waals surface area (Å²) in [5.41, 5.74) is 1.09. The Morgan fingerprint density at radius 2 is 1.89 bits per heavy atom. The molecular formula is C20H31IN4O2. The van der Waals surface area contributed by atoms with E-state index in [0.717, 1.165) is 37.1 Å². The van der Waals surface area contributed by atoms with Gasteiger partial charge in [-0.2, -0.15) is 0 Å². The third kappa shape index (κ3) is 5.49. The molecule has 27 heavy (non-hydrogen) atoms. The number of hydrogen-bond acceptors (Lipinski definition) is 3. The normalized spacial score (nSPS) is 20.2.